The molecule has 0 aliphatic heterocycles. The normalized spacial score (nSPS) is 11.2. The van der Waals surface area contributed by atoms with E-state index in [1.165, 1.54) is 17.2 Å². The van der Waals surface area contributed by atoms with E-state index in [0.717, 1.165) is 19.1 Å². The lowest BCUT2D eigenvalue weighted by Gasteiger charge is -2.00. The lowest BCUT2D eigenvalue weighted by Crippen LogP contribution is -1.85. The van der Waals surface area contributed by atoms with Crippen molar-refractivity contribution in [2.45, 2.75) is 27.2 Å². The summed E-state index contributed by atoms with van der Waals surface area (Å²) in [5.41, 5.74) is 2.64. The summed E-state index contributed by atoms with van der Waals surface area (Å²) >= 11 is 0. The van der Waals surface area contributed by atoms with Gasteiger partial charge in [0.1, 0.15) is 6.29 Å². The van der Waals surface area contributed by atoms with Gasteiger partial charge >= 0.3 is 0 Å². The van der Waals surface area contributed by atoms with Crippen LogP contribution in [0.5, 0.6) is 0 Å². The molecule has 16 heavy (non-hydrogen) atoms. The van der Waals surface area contributed by atoms with Crippen LogP contribution in [0, 0.1) is 0 Å². The summed E-state index contributed by atoms with van der Waals surface area (Å²) in [5.74, 6) is 0. The number of hydrogen-bond acceptors (Lipinski definition) is 1. The third-order valence-corrected chi connectivity index (χ3v) is 2.22. The first-order valence-corrected chi connectivity index (χ1v) is 5.14. The Balaban J connectivity index is 0.00000225. The van der Waals surface area contributed by atoms with Gasteiger partial charge in [0.2, 0.25) is 0 Å². The lowest BCUT2D eigenvalue weighted by molar-refractivity contribution is -0.104. The van der Waals surface area contributed by atoms with E-state index in [2.05, 4.69) is 31.2 Å². The zero-order chi connectivity index (χ0) is 10.9. The quantitative estimate of drug-likeness (QED) is 0.413. The number of hydrogen-bond donors (Lipinski definition) is 0. The van der Waals surface area contributed by atoms with Gasteiger partial charge in [-0.25, -0.2) is 0 Å². The van der Waals surface area contributed by atoms with Crippen molar-refractivity contribution in [2.75, 3.05) is 0 Å². The van der Waals surface area contributed by atoms with Crippen molar-refractivity contribution in [2.24, 2.45) is 0 Å². The Bertz CT molecular complexity index is 347. The smallest absolute Gasteiger partial charge is 0.142 e. The predicted octanol–water partition coefficient (Wildman–Crippen LogP) is 3.96. The first kappa shape index (κ1) is 14.4. The van der Waals surface area contributed by atoms with Crippen LogP contribution in [0.4, 0.5) is 0 Å². The van der Waals surface area contributed by atoms with Gasteiger partial charge in [-0.3, -0.25) is 4.79 Å². The van der Waals surface area contributed by atoms with Gasteiger partial charge in [0.05, 0.1) is 0 Å². The van der Waals surface area contributed by atoms with Crippen molar-refractivity contribution >= 4 is 6.29 Å². The van der Waals surface area contributed by atoms with E-state index in [-0.39, 0.29) is 7.43 Å². The summed E-state index contributed by atoms with van der Waals surface area (Å²) in [4.78, 5) is 10.0. The van der Waals surface area contributed by atoms with E-state index in [1.807, 2.05) is 12.1 Å². The van der Waals surface area contributed by atoms with E-state index >= 15 is 0 Å². The zero-order valence-corrected chi connectivity index (χ0v) is 9.02. The minimum atomic E-state index is 0. The molecule has 1 aromatic carbocycles. The van der Waals surface area contributed by atoms with Crippen molar-refractivity contribution in [3.8, 4) is 0 Å². The molecule has 0 fully saturated rings. The van der Waals surface area contributed by atoms with Crippen LogP contribution in [0.15, 0.2) is 54.1 Å². The van der Waals surface area contributed by atoms with Crippen molar-refractivity contribution < 1.29 is 4.79 Å². The molecular weight excluding hydrogens is 196 g/mol. The molecule has 0 saturated carbocycles. The van der Waals surface area contributed by atoms with Crippen LogP contribution in [-0.4, -0.2) is 6.29 Å². The molecule has 0 N–H and O–H groups in total. The van der Waals surface area contributed by atoms with Crippen molar-refractivity contribution in [3.63, 3.8) is 0 Å². The molecule has 1 heteroatoms. The van der Waals surface area contributed by atoms with E-state index in [1.54, 1.807) is 6.08 Å². The average molecular weight is 216 g/mol. The van der Waals surface area contributed by atoms with Crippen molar-refractivity contribution in [3.05, 3.63) is 59.7 Å². The predicted molar refractivity (Wildman–Crippen MR) is 70.5 cm³/mol. The summed E-state index contributed by atoms with van der Waals surface area (Å²) in [6.45, 7) is 2.08. The third kappa shape index (κ3) is 5.97. The van der Waals surface area contributed by atoms with Gasteiger partial charge in [-0.15, -0.1) is 0 Å². The summed E-state index contributed by atoms with van der Waals surface area (Å²) in [5, 5.41) is 0. The van der Waals surface area contributed by atoms with Crippen LogP contribution in [0.2, 0.25) is 0 Å². The Kier molecular flexibility index (Phi) is 7.78. The molecule has 1 aromatic rings. The molecule has 0 radical (unpaired) electrons. The molecule has 0 atom stereocenters. The Morgan fingerprint density at radius 2 is 1.88 bits per heavy atom. The molecule has 0 saturated heterocycles. The number of rotatable bonds is 5. The summed E-state index contributed by atoms with van der Waals surface area (Å²) in [6.07, 6.45) is 8.16. The molecule has 86 valence electrons. The molecule has 0 aliphatic carbocycles. The maximum Gasteiger partial charge on any atom is 0.142 e. The van der Waals surface area contributed by atoms with Crippen LogP contribution in [0.25, 0.3) is 0 Å². The highest BCUT2D eigenvalue weighted by Gasteiger charge is 1.92. The molecule has 0 aliphatic rings. The first-order chi connectivity index (χ1) is 7.33. The van der Waals surface area contributed by atoms with E-state index in [4.69, 9.17) is 0 Å². The van der Waals surface area contributed by atoms with Gasteiger partial charge in [-0.05, 0) is 31.4 Å². The molecule has 0 spiro atoms. The fraction of sp³-hybridized carbons (Fsp3) is 0.267. The number of carbonyl (C=O) groups excluding carboxylic acids is 1. The maximum absolute atomic E-state index is 10.0. The third-order valence-electron chi connectivity index (χ3n) is 2.22. The van der Waals surface area contributed by atoms with Crippen LogP contribution in [0.3, 0.4) is 0 Å². The molecule has 1 rings (SSSR count). The second-order valence-electron chi connectivity index (χ2n) is 3.52. The second kappa shape index (κ2) is 8.66. The van der Waals surface area contributed by atoms with Gasteiger partial charge in [-0.1, -0.05) is 55.5 Å². The van der Waals surface area contributed by atoms with Gasteiger partial charge in [0.15, 0.2) is 0 Å². The van der Waals surface area contributed by atoms with Crippen molar-refractivity contribution in [1.29, 1.82) is 0 Å². The molecule has 0 amide bonds. The van der Waals surface area contributed by atoms with Crippen molar-refractivity contribution in [1.82, 2.24) is 0 Å². The van der Waals surface area contributed by atoms with Gasteiger partial charge < -0.3 is 0 Å². The van der Waals surface area contributed by atoms with Gasteiger partial charge in [0, 0.05) is 0 Å². The van der Waals surface area contributed by atoms with Crippen LogP contribution in [-0.2, 0) is 11.2 Å². The van der Waals surface area contributed by atoms with Gasteiger partial charge in [-0.2, -0.15) is 0 Å². The van der Waals surface area contributed by atoms with Gasteiger partial charge in [0.25, 0.3) is 0 Å². The standard InChI is InChI=1S/C14H16O.CH4/c1-13(7-5-6-12-15)10-11-14-8-3-2-4-9-14;/h2-9,12H,10-11H2,1H3;1H4/b6-5+,13-7?;. The number of aryl methyl sites for hydroxylation is 1. The van der Waals surface area contributed by atoms with E-state index < -0.39 is 0 Å². The highest BCUT2D eigenvalue weighted by Crippen LogP contribution is 2.08. The Hall–Kier alpha value is -1.63. The number of carbonyl (C=O) groups is 1. The molecule has 0 aromatic heterocycles. The average Bonchev–Trinajstić information content (AvgIpc) is 2.28. The van der Waals surface area contributed by atoms with Crippen LogP contribution < -0.4 is 0 Å². The summed E-state index contributed by atoms with van der Waals surface area (Å²) < 4.78 is 0. The van der Waals surface area contributed by atoms with E-state index in [0.29, 0.717) is 0 Å². The first-order valence-electron chi connectivity index (χ1n) is 5.14. The number of aldehydes is 1. The summed E-state index contributed by atoms with van der Waals surface area (Å²) in [7, 11) is 0. The van der Waals surface area contributed by atoms with Crippen LogP contribution in [0.1, 0.15) is 26.3 Å². The summed E-state index contributed by atoms with van der Waals surface area (Å²) in [6, 6.07) is 10.4. The minimum absolute atomic E-state index is 0. The molecular formula is C15H20O. The molecule has 0 bridgehead atoms. The van der Waals surface area contributed by atoms with E-state index in [9.17, 15) is 4.79 Å². The number of benzene rings is 1. The Labute approximate surface area is 98.5 Å². The highest BCUT2D eigenvalue weighted by atomic mass is 16.1. The fourth-order valence-electron chi connectivity index (χ4n) is 1.33. The monoisotopic (exact) mass is 216 g/mol. The molecule has 0 heterocycles. The number of allylic oxidation sites excluding steroid dienone is 4. The zero-order valence-electron chi connectivity index (χ0n) is 9.02. The highest BCUT2D eigenvalue weighted by molar-refractivity contribution is 5.65. The minimum Gasteiger partial charge on any atom is -0.299 e. The largest absolute Gasteiger partial charge is 0.299 e. The maximum atomic E-state index is 10.0. The molecule has 1 nitrogen and oxygen atoms in total. The molecule has 0 unspecified atom stereocenters. The van der Waals surface area contributed by atoms with Crippen LogP contribution >= 0.6 is 0 Å². The fourth-order valence-corrected chi connectivity index (χ4v) is 1.33. The SMILES string of the molecule is C.CC(=C/C=C/C=O)CCc1ccccc1. The lowest BCUT2D eigenvalue weighted by atomic mass is 10.1. The topological polar surface area (TPSA) is 17.1 Å². The second-order valence-corrected chi connectivity index (χ2v) is 3.52. The Morgan fingerprint density at radius 1 is 1.19 bits per heavy atom. The Morgan fingerprint density at radius 3 is 2.50 bits per heavy atom.